The molecular formula is C16H18IO2P. The standard InChI is InChI=1S/C16H18IO2P/c1-20(17,13-12-16(18)19,14-8-4-2-5-9-14)15-10-6-3-7-11-15/h2-11H,12-13H2,1H3,(H,18,19). The molecule has 106 valence electrons. The third-order valence-corrected chi connectivity index (χ3v) is 13.0. The summed E-state index contributed by atoms with van der Waals surface area (Å²) in [6, 6.07) is 20.6. The van der Waals surface area contributed by atoms with Gasteiger partial charge in [0.05, 0.1) is 0 Å². The van der Waals surface area contributed by atoms with Gasteiger partial charge >= 0.3 is 133 Å². The zero-order chi connectivity index (χ0) is 14.7. The molecule has 0 atom stereocenters. The van der Waals surface area contributed by atoms with Crippen LogP contribution in [0.2, 0.25) is 0 Å². The molecule has 0 saturated heterocycles. The van der Waals surface area contributed by atoms with Crippen molar-refractivity contribution >= 4 is 42.9 Å². The third kappa shape index (κ3) is 3.04. The van der Waals surface area contributed by atoms with E-state index in [4.69, 9.17) is 5.11 Å². The summed E-state index contributed by atoms with van der Waals surface area (Å²) >= 11 is 2.54. The maximum atomic E-state index is 11.1. The van der Waals surface area contributed by atoms with E-state index in [1.807, 2.05) is 36.4 Å². The number of carboxylic acid groups (broad SMARTS) is 1. The number of halogens is 1. The number of benzene rings is 2. The molecule has 0 aliphatic carbocycles. The van der Waals surface area contributed by atoms with Crippen molar-refractivity contribution in [3.63, 3.8) is 0 Å². The average Bonchev–Trinajstić information content (AvgIpc) is 2.48. The second-order valence-electron chi connectivity index (χ2n) is 5.19. The number of rotatable bonds is 5. The first-order chi connectivity index (χ1) is 9.42. The quantitative estimate of drug-likeness (QED) is 0.615. The fraction of sp³-hybridized carbons (Fsp3) is 0.188. The Morgan fingerprint density at radius 2 is 1.40 bits per heavy atom. The van der Waals surface area contributed by atoms with Crippen LogP contribution >= 0.6 is 26.3 Å². The van der Waals surface area contributed by atoms with Gasteiger partial charge < -0.3 is 0 Å². The van der Waals surface area contributed by atoms with Crippen molar-refractivity contribution in [2.24, 2.45) is 0 Å². The Morgan fingerprint density at radius 1 is 1.00 bits per heavy atom. The first-order valence-electron chi connectivity index (χ1n) is 6.48. The van der Waals surface area contributed by atoms with Crippen molar-refractivity contribution in [3.05, 3.63) is 60.7 Å². The van der Waals surface area contributed by atoms with Crippen LogP contribution in [0.4, 0.5) is 0 Å². The van der Waals surface area contributed by atoms with Crippen LogP contribution in [0.15, 0.2) is 60.7 Å². The number of hydrogen-bond acceptors (Lipinski definition) is 1. The van der Waals surface area contributed by atoms with E-state index in [9.17, 15) is 4.79 Å². The number of carboxylic acids is 1. The van der Waals surface area contributed by atoms with Gasteiger partial charge in [0.15, 0.2) is 0 Å². The molecule has 0 fully saturated rings. The van der Waals surface area contributed by atoms with E-state index in [0.29, 0.717) is 6.16 Å². The van der Waals surface area contributed by atoms with E-state index in [-0.39, 0.29) is 6.42 Å². The predicted molar refractivity (Wildman–Crippen MR) is 96.1 cm³/mol. The molecular weight excluding hydrogens is 382 g/mol. The van der Waals surface area contributed by atoms with Crippen LogP contribution in [0, 0.1) is 0 Å². The second kappa shape index (κ2) is 5.82. The summed E-state index contributed by atoms with van der Waals surface area (Å²) in [6.45, 7) is 2.25. The van der Waals surface area contributed by atoms with E-state index in [2.05, 4.69) is 53.0 Å². The van der Waals surface area contributed by atoms with Crippen LogP contribution in [0.1, 0.15) is 6.42 Å². The number of carbonyl (C=O) groups is 1. The van der Waals surface area contributed by atoms with Crippen molar-refractivity contribution < 1.29 is 9.90 Å². The number of hydrogen-bond donors (Lipinski definition) is 1. The predicted octanol–water partition coefficient (Wildman–Crippen LogP) is 3.65. The first-order valence-corrected chi connectivity index (χ1v) is 12.1. The fourth-order valence-corrected chi connectivity index (χ4v) is 8.47. The monoisotopic (exact) mass is 400 g/mol. The second-order valence-corrected chi connectivity index (χ2v) is 17.8. The van der Waals surface area contributed by atoms with E-state index in [1.54, 1.807) is 0 Å². The molecule has 0 aliphatic heterocycles. The van der Waals surface area contributed by atoms with Crippen LogP contribution in [-0.2, 0) is 4.79 Å². The van der Waals surface area contributed by atoms with Gasteiger partial charge in [0, 0.05) is 0 Å². The number of aliphatic carboxylic acids is 1. The van der Waals surface area contributed by atoms with E-state index >= 15 is 0 Å². The van der Waals surface area contributed by atoms with Crippen LogP contribution < -0.4 is 10.6 Å². The van der Waals surface area contributed by atoms with Crippen molar-refractivity contribution in [2.75, 3.05) is 12.8 Å². The molecule has 2 aromatic carbocycles. The van der Waals surface area contributed by atoms with Gasteiger partial charge in [-0.2, -0.15) is 0 Å². The Kier molecular flexibility index (Phi) is 4.50. The molecule has 0 aliphatic rings. The zero-order valence-electron chi connectivity index (χ0n) is 11.4. The molecule has 0 bridgehead atoms. The normalized spacial score (nSPS) is 13.4. The first kappa shape index (κ1) is 15.5. The van der Waals surface area contributed by atoms with Crippen LogP contribution in [0.3, 0.4) is 0 Å². The van der Waals surface area contributed by atoms with Crippen LogP contribution in [-0.4, -0.2) is 23.9 Å². The molecule has 2 rings (SSSR count). The van der Waals surface area contributed by atoms with Gasteiger partial charge in [0.25, 0.3) is 0 Å². The summed E-state index contributed by atoms with van der Waals surface area (Å²) < 4.78 is -2.47. The Labute approximate surface area is 132 Å². The van der Waals surface area contributed by atoms with Crippen LogP contribution in [0.5, 0.6) is 0 Å². The minimum absolute atomic E-state index is 0.195. The van der Waals surface area contributed by atoms with Gasteiger partial charge in [-0.25, -0.2) is 0 Å². The molecule has 0 amide bonds. The summed E-state index contributed by atoms with van der Waals surface area (Å²) in [6.07, 6.45) is 0.872. The molecule has 0 spiro atoms. The van der Waals surface area contributed by atoms with E-state index < -0.39 is 10.2 Å². The molecule has 0 heterocycles. The molecule has 0 saturated carbocycles. The van der Waals surface area contributed by atoms with Crippen molar-refractivity contribution in [1.29, 1.82) is 0 Å². The molecule has 1 N–H and O–H groups in total. The van der Waals surface area contributed by atoms with Crippen LogP contribution in [0.25, 0.3) is 0 Å². The Balaban J connectivity index is 2.57. The average molecular weight is 400 g/mol. The SMILES string of the molecule is CP(I)(CCC(=O)O)(c1ccccc1)c1ccccc1. The summed E-state index contributed by atoms with van der Waals surface area (Å²) in [4.78, 5) is 11.1. The molecule has 20 heavy (non-hydrogen) atoms. The Hall–Kier alpha value is -0.930. The molecule has 0 aromatic heterocycles. The molecule has 2 aromatic rings. The minimum atomic E-state index is -2.47. The van der Waals surface area contributed by atoms with Gasteiger partial charge in [0.2, 0.25) is 0 Å². The van der Waals surface area contributed by atoms with Crippen molar-refractivity contribution in [2.45, 2.75) is 6.42 Å². The van der Waals surface area contributed by atoms with Crippen molar-refractivity contribution in [3.8, 4) is 0 Å². The fourth-order valence-electron chi connectivity index (χ4n) is 2.40. The van der Waals surface area contributed by atoms with Gasteiger partial charge in [-0.15, -0.1) is 0 Å². The molecule has 2 nitrogen and oxygen atoms in total. The van der Waals surface area contributed by atoms with Gasteiger partial charge in [-0.05, 0) is 0 Å². The van der Waals surface area contributed by atoms with Gasteiger partial charge in [-0.3, -0.25) is 0 Å². The maximum absolute atomic E-state index is 11.1. The van der Waals surface area contributed by atoms with E-state index in [1.165, 1.54) is 10.6 Å². The summed E-state index contributed by atoms with van der Waals surface area (Å²) in [7, 11) is 0. The summed E-state index contributed by atoms with van der Waals surface area (Å²) in [5, 5.41) is 11.6. The zero-order valence-corrected chi connectivity index (χ0v) is 14.4. The Morgan fingerprint density at radius 3 is 1.75 bits per heavy atom. The van der Waals surface area contributed by atoms with Gasteiger partial charge in [0.1, 0.15) is 0 Å². The van der Waals surface area contributed by atoms with Crippen molar-refractivity contribution in [1.82, 2.24) is 0 Å². The molecule has 0 unspecified atom stereocenters. The van der Waals surface area contributed by atoms with E-state index in [0.717, 1.165) is 0 Å². The molecule has 0 radical (unpaired) electrons. The summed E-state index contributed by atoms with van der Waals surface area (Å²) in [5.41, 5.74) is 0. The Bertz CT molecular complexity index is 553. The summed E-state index contributed by atoms with van der Waals surface area (Å²) in [5.74, 6) is -0.732. The topological polar surface area (TPSA) is 37.3 Å². The third-order valence-electron chi connectivity index (χ3n) is 3.70. The molecule has 4 heteroatoms. The van der Waals surface area contributed by atoms with Gasteiger partial charge in [-0.1, -0.05) is 0 Å².